The van der Waals surface area contributed by atoms with Gasteiger partial charge in [0.1, 0.15) is 11.6 Å². The normalized spacial score (nSPS) is 13.4. The zero-order valence-electron chi connectivity index (χ0n) is 13.9. The smallest absolute Gasteiger partial charge is 0.348 e. The van der Waals surface area contributed by atoms with Gasteiger partial charge in [-0.25, -0.2) is 9.69 Å². The van der Waals surface area contributed by atoms with E-state index in [1.54, 1.807) is 61.5 Å². The van der Waals surface area contributed by atoms with Crippen LogP contribution in [0, 0.1) is 11.3 Å². The number of nitriles is 1. The van der Waals surface area contributed by atoms with Crippen molar-refractivity contribution < 1.29 is 19.1 Å². The van der Waals surface area contributed by atoms with Gasteiger partial charge in [-0.1, -0.05) is 24.3 Å². The number of fused-ring (bicyclic) bond motifs is 1. The van der Waals surface area contributed by atoms with Crippen LogP contribution in [0.3, 0.4) is 0 Å². The van der Waals surface area contributed by atoms with Crippen LogP contribution in [0.1, 0.15) is 33.2 Å². The van der Waals surface area contributed by atoms with Gasteiger partial charge >= 0.3 is 5.97 Å². The molecule has 0 spiro atoms. The third-order valence-electron chi connectivity index (χ3n) is 3.87. The van der Waals surface area contributed by atoms with Gasteiger partial charge in [0.05, 0.1) is 23.4 Å². The highest BCUT2D eigenvalue weighted by molar-refractivity contribution is 6.34. The molecule has 0 fully saturated rings. The van der Waals surface area contributed by atoms with E-state index in [4.69, 9.17) is 10.00 Å². The van der Waals surface area contributed by atoms with Gasteiger partial charge in [-0.3, -0.25) is 9.59 Å². The number of carbonyl (C=O) groups excluding carboxylic acids is 3. The molecule has 6 nitrogen and oxygen atoms in total. The summed E-state index contributed by atoms with van der Waals surface area (Å²) < 4.78 is 4.81. The second-order valence-corrected chi connectivity index (χ2v) is 5.47. The molecule has 0 aliphatic carbocycles. The van der Waals surface area contributed by atoms with Crippen molar-refractivity contribution in [3.63, 3.8) is 0 Å². The standard InChI is InChI=1S/C20H14N2O4/c1-2-26-20(25)14(12-21)11-13-7-9-15(10-8-13)22-18(23)16-5-3-4-6-17(16)19(22)24/h3-11H,2H2,1H3/b14-11-. The van der Waals surface area contributed by atoms with E-state index in [0.29, 0.717) is 22.4 Å². The highest BCUT2D eigenvalue weighted by Crippen LogP contribution is 2.28. The van der Waals surface area contributed by atoms with Gasteiger partial charge in [-0.05, 0) is 42.8 Å². The summed E-state index contributed by atoms with van der Waals surface area (Å²) in [4.78, 5) is 37.7. The van der Waals surface area contributed by atoms with E-state index in [1.807, 2.05) is 0 Å². The summed E-state index contributed by atoms with van der Waals surface area (Å²) in [6, 6.07) is 14.9. The fourth-order valence-corrected chi connectivity index (χ4v) is 2.66. The molecule has 26 heavy (non-hydrogen) atoms. The minimum atomic E-state index is -0.695. The first-order chi connectivity index (χ1) is 12.6. The number of esters is 1. The van der Waals surface area contributed by atoms with Crippen molar-refractivity contribution in [1.82, 2.24) is 0 Å². The predicted octanol–water partition coefficient (Wildman–Crippen LogP) is 2.96. The number of amides is 2. The Hall–Kier alpha value is -3.72. The second-order valence-electron chi connectivity index (χ2n) is 5.47. The average Bonchev–Trinajstić information content (AvgIpc) is 2.91. The quantitative estimate of drug-likeness (QED) is 0.368. The Kier molecular flexibility index (Phi) is 4.63. The van der Waals surface area contributed by atoms with E-state index in [-0.39, 0.29) is 24.0 Å². The number of imide groups is 1. The van der Waals surface area contributed by atoms with Crippen LogP contribution in [0.2, 0.25) is 0 Å². The molecule has 1 heterocycles. The van der Waals surface area contributed by atoms with Crippen molar-refractivity contribution in [3.8, 4) is 6.07 Å². The number of ether oxygens (including phenoxy) is 1. The molecule has 0 radical (unpaired) electrons. The molecule has 2 amide bonds. The first kappa shape index (κ1) is 17.1. The average molecular weight is 346 g/mol. The predicted molar refractivity (Wildman–Crippen MR) is 94.2 cm³/mol. The van der Waals surface area contributed by atoms with Crippen LogP contribution in [-0.2, 0) is 9.53 Å². The Morgan fingerprint density at radius 1 is 1.08 bits per heavy atom. The lowest BCUT2D eigenvalue weighted by atomic mass is 10.1. The maximum Gasteiger partial charge on any atom is 0.348 e. The molecule has 0 aromatic heterocycles. The highest BCUT2D eigenvalue weighted by atomic mass is 16.5. The SMILES string of the molecule is CCOC(=O)/C(C#N)=C\c1ccc(N2C(=O)c3ccccc3C2=O)cc1. The molecule has 2 aromatic rings. The van der Waals surface area contributed by atoms with E-state index in [1.165, 1.54) is 6.08 Å². The van der Waals surface area contributed by atoms with Crippen LogP contribution in [0.5, 0.6) is 0 Å². The van der Waals surface area contributed by atoms with Crippen molar-refractivity contribution in [3.05, 3.63) is 70.8 Å². The molecular weight excluding hydrogens is 332 g/mol. The van der Waals surface area contributed by atoms with Gasteiger partial charge in [0.15, 0.2) is 0 Å². The van der Waals surface area contributed by atoms with Crippen LogP contribution < -0.4 is 4.90 Å². The minimum absolute atomic E-state index is 0.125. The summed E-state index contributed by atoms with van der Waals surface area (Å²) in [5.41, 5.74) is 1.62. The molecule has 0 saturated heterocycles. The highest BCUT2D eigenvalue weighted by Gasteiger charge is 2.36. The van der Waals surface area contributed by atoms with Gasteiger partial charge in [-0.2, -0.15) is 5.26 Å². The Bertz CT molecular complexity index is 933. The lowest BCUT2D eigenvalue weighted by molar-refractivity contribution is -0.137. The third kappa shape index (κ3) is 2.98. The molecule has 0 bridgehead atoms. The molecule has 6 heteroatoms. The van der Waals surface area contributed by atoms with Crippen molar-refractivity contribution >= 4 is 29.5 Å². The summed E-state index contributed by atoms with van der Waals surface area (Å²) in [5.74, 6) is -1.45. The summed E-state index contributed by atoms with van der Waals surface area (Å²) in [6.45, 7) is 1.83. The van der Waals surface area contributed by atoms with Crippen LogP contribution in [0.4, 0.5) is 5.69 Å². The third-order valence-corrected chi connectivity index (χ3v) is 3.87. The van der Waals surface area contributed by atoms with Crippen molar-refractivity contribution in [2.24, 2.45) is 0 Å². The maximum atomic E-state index is 12.5. The second kappa shape index (κ2) is 7.03. The van der Waals surface area contributed by atoms with E-state index in [0.717, 1.165) is 4.90 Å². The number of rotatable bonds is 4. The molecule has 1 aliphatic heterocycles. The zero-order chi connectivity index (χ0) is 18.7. The van der Waals surface area contributed by atoms with Gasteiger partial charge in [0, 0.05) is 0 Å². The summed E-state index contributed by atoms with van der Waals surface area (Å²) in [6.07, 6.45) is 1.39. The fourth-order valence-electron chi connectivity index (χ4n) is 2.66. The summed E-state index contributed by atoms with van der Waals surface area (Å²) in [7, 11) is 0. The van der Waals surface area contributed by atoms with Gasteiger partial charge < -0.3 is 4.74 Å². The van der Waals surface area contributed by atoms with Gasteiger partial charge in [-0.15, -0.1) is 0 Å². The molecule has 0 unspecified atom stereocenters. The number of anilines is 1. The Morgan fingerprint density at radius 2 is 1.65 bits per heavy atom. The van der Waals surface area contributed by atoms with Crippen LogP contribution in [0.25, 0.3) is 6.08 Å². The first-order valence-corrected chi connectivity index (χ1v) is 7.93. The molecule has 0 atom stereocenters. The summed E-state index contributed by atoms with van der Waals surface area (Å²) >= 11 is 0. The van der Waals surface area contributed by atoms with Crippen molar-refractivity contribution in [2.75, 3.05) is 11.5 Å². The van der Waals surface area contributed by atoms with E-state index in [9.17, 15) is 14.4 Å². The number of hydrogen-bond donors (Lipinski definition) is 0. The molecule has 0 N–H and O–H groups in total. The van der Waals surface area contributed by atoms with Gasteiger partial charge in [0.2, 0.25) is 0 Å². The van der Waals surface area contributed by atoms with Crippen molar-refractivity contribution in [1.29, 1.82) is 5.26 Å². The lowest BCUT2D eigenvalue weighted by Gasteiger charge is -2.14. The minimum Gasteiger partial charge on any atom is -0.462 e. The molecule has 2 aromatic carbocycles. The molecule has 3 rings (SSSR count). The number of hydrogen-bond acceptors (Lipinski definition) is 5. The number of carbonyl (C=O) groups is 3. The first-order valence-electron chi connectivity index (χ1n) is 7.93. The zero-order valence-corrected chi connectivity index (χ0v) is 13.9. The van der Waals surface area contributed by atoms with Gasteiger partial charge in [0.25, 0.3) is 11.8 Å². The lowest BCUT2D eigenvalue weighted by Crippen LogP contribution is -2.29. The van der Waals surface area contributed by atoms with E-state index in [2.05, 4.69) is 0 Å². The fraction of sp³-hybridized carbons (Fsp3) is 0.100. The maximum absolute atomic E-state index is 12.5. The monoisotopic (exact) mass is 346 g/mol. The topological polar surface area (TPSA) is 87.5 Å². The van der Waals surface area contributed by atoms with E-state index >= 15 is 0 Å². The van der Waals surface area contributed by atoms with E-state index < -0.39 is 5.97 Å². The summed E-state index contributed by atoms with van der Waals surface area (Å²) in [5, 5.41) is 9.06. The Morgan fingerprint density at radius 3 is 2.15 bits per heavy atom. The largest absolute Gasteiger partial charge is 0.462 e. The molecular formula is C20H14N2O4. The Balaban J connectivity index is 1.87. The molecule has 1 aliphatic rings. The molecule has 0 saturated carbocycles. The van der Waals surface area contributed by atoms with Crippen LogP contribution >= 0.6 is 0 Å². The van der Waals surface area contributed by atoms with Crippen LogP contribution in [0.15, 0.2) is 54.1 Å². The molecule has 128 valence electrons. The number of nitrogens with zero attached hydrogens (tertiary/aromatic N) is 2. The van der Waals surface area contributed by atoms with Crippen LogP contribution in [-0.4, -0.2) is 24.4 Å². The Labute approximate surface area is 149 Å². The van der Waals surface area contributed by atoms with Crippen molar-refractivity contribution in [2.45, 2.75) is 6.92 Å². The number of benzene rings is 2.